The number of urea groups is 1. The van der Waals surface area contributed by atoms with Gasteiger partial charge in [-0.15, -0.1) is 0 Å². The molecule has 0 fully saturated rings. The minimum absolute atomic E-state index is 0.128. The first-order chi connectivity index (χ1) is 9.89. The summed E-state index contributed by atoms with van der Waals surface area (Å²) in [5.74, 6) is 1.09. The van der Waals surface area contributed by atoms with Crippen molar-refractivity contribution in [2.24, 2.45) is 5.92 Å². The van der Waals surface area contributed by atoms with Crippen LogP contribution in [0, 0.1) is 5.92 Å². The van der Waals surface area contributed by atoms with Crippen molar-refractivity contribution in [1.82, 2.24) is 5.32 Å². The fourth-order valence-electron chi connectivity index (χ4n) is 1.90. The van der Waals surface area contributed by atoms with Gasteiger partial charge >= 0.3 is 6.03 Å². The van der Waals surface area contributed by atoms with Crippen LogP contribution in [0.5, 0.6) is 0 Å². The number of amides is 2. The zero-order valence-corrected chi connectivity index (χ0v) is 14.1. The van der Waals surface area contributed by atoms with Crippen molar-refractivity contribution in [3.8, 4) is 0 Å². The zero-order valence-electron chi connectivity index (χ0n) is 13.3. The predicted octanol–water partition coefficient (Wildman–Crippen LogP) is 3.47. The molecule has 118 valence electrons. The normalized spacial score (nSPS) is 15.1. The first-order valence-corrected chi connectivity index (χ1v) is 8.63. The number of hydrogen-bond acceptors (Lipinski definition) is 3. The predicted molar refractivity (Wildman–Crippen MR) is 90.8 cm³/mol. The number of thioether (sulfide) groups is 1. The Kier molecular flexibility index (Phi) is 7.05. The van der Waals surface area contributed by atoms with E-state index in [2.05, 4.69) is 16.9 Å². The molecule has 0 aromatic heterocycles. The molecular formula is C16H26N2O2S. The molecule has 4 nitrogen and oxygen atoms in total. The molecule has 2 amide bonds. The highest BCUT2D eigenvalue weighted by molar-refractivity contribution is 7.97. The molecule has 0 aliphatic carbocycles. The third-order valence-electron chi connectivity index (χ3n) is 3.80. The molecule has 2 atom stereocenters. The molecule has 0 aliphatic rings. The Labute approximate surface area is 131 Å². The summed E-state index contributed by atoms with van der Waals surface area (Å²) < 4.78 is 0. The molecule has 1 aromatic carbocycles. The topological polar surface area (TPSA) is 61.4 Å². The molecule has 0 saturated carbocycles. The fraction of sp³-hybridized carbons (Fsp3) is 0.562. The van der Waals surface area contributed by atoms with E-state index in [9.17, 15) is 9.90 Å². The van der Waals surface area contributed by atoms with E-state index in [-0.39, 0.29) is 18.5 Å². The van der Waals surface area contributed by atoms with E-state index in [0.29, 0.717) is 0 Å². The smallest absolute Gasteiger partial charge is 0.319 e. The molecule has 0 aliphatic heterocycles. The summed E-state index contributed by atoms with van der Waals surface area (Å²) >= 11 is 1.76. The second kappa shape index (κ2) is 8.29. The highest BCUT2D eigenvalue weighted by Crippen LogP contribution is 2.19. The molecule has 2 unspecified atom stereocenters. The van der Waals surface area contributed by atoms with E-state index < -0.39 is 5.60 Å². The second-order valence-corrected chi connectivity index (χ2v) is 6.47. The molecule has 3 N–H and O–H groups in total. The van der Waals surface area contributed by atoms with Crippen molar-refractivity contribution in [3.05, 3.63) is 29.8 Å². The molecule has 21 heavy (non-hydrogen) atoms. The van der Waals surface area contributed by atoms with Gasteiger partial charge in [0.2, 0.25) is 0 Å². The van der Waals surface area contributed by atoms with Crippen molar-refractivity contribution in [1.29, 1.82) is 0 Å². The number of anilines is 1. The van der Waals surface area contributed by atoms with E-state index in [1.807, 2.05) is 38.1 Å². The van der Waals surface area contributed by atoms with Crippen LogP contribution in [0.15, 0.2) is 24.3 Å². The Morgan fingerprint density at radius 3 is 2.52 bits per heavy atom. The van der Waals surface area contributed by atoms with E-state index in [4.69, 9.17) is 0 Å². The van der Waals surface area contributed by atoms with Gasteiger partial charge in [-0.25, -0.2) is 4.79 Å². The quantitative estimate of drug-likeness (QED) is 0.722. The first-order valence-electron chi connectivity index (χ1n) is 7.24. The Balaban J connectivity index is 2.46. The third-order valence-corrected chi connectivity index (χ3v) is 4.43. The SMILES string of the molecule is CCC(C)C(C)(O)CNC(=O)Nc1ccc(CSC)cc1. The largest absolute Gasteiger partial charge is 0.388 e. The minimum atomic E-state index is -0.895. The van der Waals surface area contributed by atoms with Gasteiger partial charge in [-0.2, -0.15) is 11.8 Å². The molecular weight excluding hydrogens is 284 g/mol. The summed E-state index contributed by atoms with van der Waals surface area (Å²) in [6.45, 7) is 5.98. The van der Waals surface area contributed by atoms with Gasteiger partial charge in [-0.1, -0.05) is 32.4 Å². The van der Waals surface area contributed by atoms with Crippen LogP contribution in [0.1, 0.15) is 32.8 Å². The van der Waals surface area contributed by atoms with Gasteiger partial charge in [0, 0.05) is 18.0 Å². The number of benzene rings is 1. The zero-order chi connectivity index (χ0) is 15.9. The van der Waals surface area contributed by atoms with Gasteiger partial charge in [0.1, 0.15) is 0 Å². The molecule has 0 bridgehead atoms. The molecule has 0 heterocycles. The molecule has 0 spiro atoms. The summed E-state index contributed by atoms with van der Waals surface area (Å²) in [6.07, 6.45) is 2.93. The van der Waals surface area contributed by atoms with E-state index in [0.717, 1.165) is 17.9 Å². The number of carbonyl (C=O) groups excluding carboxylic acids is 1. The van der Waals surface area contributed by atoms with Gasteiger partial charge in [0.25, 0.3) is 0 Å². The Morgan fingerprint density at radius 1 is 1.38 bits per heavy atom. The summed E-state index contributed by atoms with van der Waals surface area (Å²) in [7, 11) is 0. The summed E-state index contributed by atoms with van der Waals surface area (Å²) in [5.41, 5.74) is 1.09. The lowest BCUT2D eigenvalue weighted by Crippen LogP contribution is -2.46. The van der Waals surface area contributed by atoms with Gasteiger partial charge in [0.15, 0.2) is 0 Å². The highest BCUT2D eigenvalue weighted by atomic mass is 32.2. The molecule has 1 aromatic rings. The van der Waals surface area contributed by atoms with Crippen molar-refractivity contribution >= 4 is 23.5 Å². The van der Waals surface area contributed by atoms with Crippen molar-refractivity contribution in [2.45, 2.75) is 38.5 Å². The van der Waals surface area contributed by atoms with E-state index >= 15 is 0 Å². The summed E-state index contributed by atoms with van der Waals surface area (Å²) in [6, 6.07) is 7.48. The van der Waals surface area contributed by atoms with Gasteiger partial charge in [-0.3, -0.25) is 0 Å². The average molecular weight is 310 g/mol. The monoisotopic (exact) mass is 310 g/mol. The van der Waals surface area contributed by atoms with Crippen LogP contribution < -0.4 is 10.6 Å². The van der Waals surface area contributed by atoms with Gasteiger partial charge in [-0.05, 0) is 36.8 Å². The summed E-state index contributed by atoms with van der Waals surface area (Å²) in [5, 5.41) is 15.7. The van der Waals surface area contributed by atoms with Crippen LogP contribution in [0.25, 0.3) is 0 Å². The Morgan fingerprint density at radius 2 is 2.00 bits per heavy atom. The van der Waals surface area contributed by atoms with Crippen molar-refractivity contribution < 1.29 is 9.90 Å². The standard InChI is InChI=1S/C16H26N2O2S/c1-5-12(2)16(3,20)11-17-15(19)18-14-8-6-13(7-9-14)10-21-4/h6-9,12,20H,5,10-11H2,1-4H3,(H2,17,18,19). The van der Waals surface area contributed by atoms with Gasteiger partial charge < -0.3 is 15.7 Å². The highest BCUT2D eigenvalue weighted by Gasteiger charge is 2.27. The van der Waals surface area contributed by atoms with Gasteiger partial charge in [0.05, 0.1) is 5.60 Å². The number of hydrogen-bond donors (Lipinski definition) is 3. The third kappa shape index (κ3) is 5.98. The lowest BCUT2D eigenvalue weighted by molar-refractivity contribution is 0.00827. The number of nitrogens with one attached hydrogen (secondary N) is 2. The van der Waals surface area contributed by atoms with Crippen LogP contribution in [0.3, 0.4) is 0 Å². The van der Waals surface area contributed by atoms with E-state index in [1.165, 1.54) is 5.56 Å². The molecule has 1 rings (SSSR count). The van der Waals surface area contributed by atoms with Crippen LogP contribution >= 0.6 is 11.8 Å². The maximum atomic E-state index is 11.8. The fourth-order valence-corrected chi connectivity index (χ4v) is 2.43. The molecule has 5 heteroatoms. The molecule has 0 radical (unpaired) electrons. The number of rotatable bonds is 7. The lowest BCUT2D eigenvalue weighted by atomic mass is 9.89. The van der Waals surface area contributed by atoms with Crippen LogP contribution in [0.4, 0.5) is 10.5 Å². The second-order valence-electron chi connectivity index (χ2n) is 5.60. The maximum absolute atomic E-state index is 11.8. The summed E-state index contributed by atoms with van der Waals surface area (Å²) in [4.78, 5) is 11.8. The van der Waals surface area contributed by atoms with E-state index in [1.54, 1.807) is 18.7 Å². The van der Waals surface area contributed by atoms with Crippen LogP contribution in [-0.4, -0.2) is 29.5 Å². The lowest BCUT2D eigenvalue weighted by Gasteiger charge is -2.29. The maximum Gasteiger partial charge on any atom is 0.319 e. The Bertz CT molecular complexity index is 446. The first kappa shape index (κ1) is 17.9. The van der Waals surface area contributed by atoms with Crippen molar-refractivity contribution in [2.75, 3.05) is 18.1 Å². The van der Waals surface area contributed by atoms with Crippen molar-refractivity contribution in [3.63, 3.8) is 0 Å². The Hall–Kier alpha value is -1.20. The van der Waals surface area contributed by atoms with Crippen LogP contribution in [-0.2, 0) is 5.75 Å². The molecule has 0 saturated heterocycles. The minimum Gasteiger partial charge on any atom is -0.388 e. The number of aliphatic hydroxyl groups is 1. The van der Waals surface area contributed by atoms with Crippen LogP contribution in [0.2, 0.25) is 0 Å². The number of carbonyl (C=O) groups is 1. The average Bonchev–Trinajstić information content (AvgIpc) is 2.46.